The Labute approximate surface area is 158 Å². The topological polar surface area (TPSA) is 92.8 Å². The molecule has 2 rings (SSSR count). The van der Waals surface area contributed by atoms with Crippen molar-refractivity contribution in [3.8, 4) is 0 Å². The molecule has 0 saturated carbocycles. The number of carbonyl (C=O) groups excluding carboxylic acids is 2. The van der Waals surface area contributed by atoms with Crippen LogP contribution in [0.4, 0.5) is 11.4 Å². The van der Waals surface area contributed by atoms with Gasteiger partial charge in [-0.05, 0) is 37.3 Å². The number of anilines is 2. The fraction of sp³-hybridized carbons (Fsp3) is 0.158. The van der Waals surface area contributed by atoms with Crippen LogP contribution in [0.25, 0.3) is 0 Å². The lowest BCUT2D eigenvalue weighted by atomic mass is 10.3. The molecule has 0 bridgehead atoms. The molecule has 1 amide bonds. The molecule has 0 aliphatic heterocycles. The molecule has 142 valence electrons. The third-order valence-corrected chi connectivity index (χ3v) is 5.33. The second kappa shape index (κ2) is 9.00. The molecular formula is C19H20N2O5S. The first-order valence-corrected chi connectivity index (χ1v) is 9.52. The smallest absolute Gasteiger partial charge is 0.330 e. The molecule has 0 atom stereocenters. The SMILES string of the molecule is C/C=C/C(=O)OCC(=O)Nc1cccc(S(=O)(=O)N(C)c2ccccc2)c1. The summed E-state index contributed by atoms with van der Waals surface area (Å²) in [5, 5.41) is 2.51. The highest BCUT2D eigenvalue weighted by atomic mass is 32.2. The van der Waals surface area contributed by atoms with Crippen molar-refractivity contribution in [1.82, 2.24) is 0 Å². The van der Waals surface area contributed by atoms with Gasteiger partial charge >= 0.3 is 5.97 Å². The van der Waals surface area contributed by atoms with Gasteiger partial charge in [-0.3, -0.25) is 9.10 Å². The van der Waals surface area contributed by atoms with E-state index in [9.17, 15) is 18.0 Å². The Balaban J connectivity index is 2.12. The maximum Gasteiger partial charge on any atom is 0.330 e. The van der Waals surface area contributed by atoms with Gasteiger partial charge in [-0.2, -0.15) is 0 Å². The Bertz CT molecular complexity index is 940. The van der Waals surface area contributed by atoms with Gasteiger partial charge in [0.15, 0.2) is 6.61 Å². The normalized spacial score (nSPS) is 11.2. The van der Waals surface area contributed by atoms with Crippen LogP contribution in [0.2, 0.25) is 0 Å². The number of para-hydroxylation sites is 1. The second-order valence-electron chi connectivity index (χ2n) is 5.49. The maximum absolute atomic E-state index is 12.8. The average Bonchev–Trinajstić information content (AvgIpc) is 2.67. The van der Waals surface area contributed by atoms with Gasteiger partial charge < -0.3 is 10.1 Å². The first-order chi connectivity index (χ1) is 12.8. The zero-order chi connectivity index (χ0) is 19.9. The quantitative estimate of drug-likeness (QED) is 0.581. The van der Waals surface area contributed by atoms with Crippen molar-refractivity contribution >= 4 is 33.3 Å². The van der Waals surface area contributed by atoms with Crippen LogP contribution in [-0.2, 0) is 24.3 Å². The van der Waals surface area contributed by atoms with Crippen LogP contribution < -0.4 is 9.62 Å². The highest BCUT2D eigenvalue weighted by molar-refractivity contribution is 7.92. The molecular weight excluding hydrogens is 368 g/mol. The van der Waals surface area contributed by atoms with Crippen LogP contribution in [0.3, 0.4) is 0 Å². The Hall–Kier alpha value is -3.13. The molecule has 8 heteroatoms. The number of ether oxygens (including phenoxy) is 1. The number of amides is 1. The molecule has 27 heavy (non-hydrogen) atoms. The Morgan fingerprint density at radius 3 is 2.48 bits per heavy atom. The van der Waals surface area contributed by atoms with Crippen LogP contribution in [0, 0.1) is 0 Å². The summed E-state index contributed by atoms with van der Waals surface area (Å²) >= 11 is 0. The van der Waals surface area contributed by atoms with Gasteiger partial charge in [0.05, 0.1) is 10.6 Å². The van der Waals surface area contributed by atoms with Gasteiger partial charge in [0, 0.05) is 18.8 Å². The average molecular weight is 388 g/mol. The van der Waals surface area contributed by atoms with Crippen molar-refractivity contribution in [3.05, 3.63) is 66.7 Å². The number of nitrogens with one attached hydrogen (secondary N) is 1. The number of hydrogen-bond acceptors (Lipinski definition) is 5. The van der Waals surface area contributed by atoms with Crippen molar-refractivity contribution in [2.24, 2.45) is 0 Å². The van der Waals surface area contributed by atoms with Crippen LogP contribution in [0.15, 0.2) is 71.6 Å². The molecule has 0 spiro atoms. The predicted octanol–water partition coefficient (Wildman–Crippen LogP) is 2.57. The van der Waals surface area contributed by atoms with E-state index >= 15 is 0 Å². The van der Waals surface area contributed by atoms with E-state index in [-0.39, 0.29) is 10.6 Å². The van der Waals surface area contributed by atoms with Crippen molar-refractivity contribution in [1.29, 1.82) is 0 Å². The molecule has 0 aliphatic carbocycles. The Kier molecular flexibility index (Phi) is 6.73. The predicted molar refractivity (Wildman–Crippen MR) is 103 cm³/mol. The van der Waals surface area contributed by atoms with E-state index in [4.69, 9.17) is 4.74 Å². The molecule has 2 aromatic carbocycles. The number of hydrogen-bond donors (Lipinski definition) is 1. The van der Waals surface area contributed by atoms with E-state index in [0.717, 1.165) is 4.31 Å². The fourth-order valence-electron chi connectivity index (χ4n) is 2.19. The monoisotopic (exact) mass is 388 g/mol. The van der Waals surface area contributed by atoms with Gasteiger partial charge in [0.25, 0.3) is 15.9 Å². The zero-order valence-corrected chi connectivity index (χ0v) is 15.8. The third-order valence-electron chi connectivity index (χ3n) is 3.54. The number of sulfonamides is 1. The van der Waals surface area contributed by atoms with Crippen molar-refractivity contribution in [2.45, 2.75) is 11.8 Å². The number of benzene rings is 2. The van der Waals surface area contributed by atoms with Gasteiger partial charge in [-0.15, -0.1) is 0 Å². The molecule has 1 N–H and O–H groups in total. The van der Waals surface area contributed by atoms with Gasteiger partial charge in [0.2, 0.25) is 0 Å². The van der Waals surface area contributed by atoms with Gasteiger partial charge in [-0.1, -0.05) is 30.3 Å². The van der Waals surface area contributed by atoms with Gasteiger partial charge in [0.1, 0.15) is 0 Å². The number of esters is 1. The number of allylic oxidation sites excluding steroid dienone is 1. The van der Waals surface area contributed by atoms with Crippen molar-refractivity contribution < 1.29 is 22.7 Å². The molecule has 0 unspecified atom stereocenters. The lowest BCUT2D eigenvalue weighted by molar-refractivity contribution is -0.142. The highest BCUT2D eigenvalue weighted by Crippen LogP contribution is 2.23. The molecule has 0 saturated heterocycles. The third kappa shape index (κ3) is 5.42. The van der Waals surface area contributed by atoms with E-state index in [0.29, 0.717) is 5.69 Å². The summed E-state index contributed by atoms with van der Waals surface area (Å²) in [6.07, 6.45) is 2.69. The van der Waals surface area contributed by atoms with Crippen LogP contribution in [0.5, 0.6) is 0 Å². The number of nitrogens with zero attached hydrogens (tertiary/aromatic N) is 1. The minimum atomic E-state index is -3.80. The molecule has 2 aromatic rings. The summed E-state index contributed by atoms with van der Waals surface area (Å²) in [7, 11) is -2.34. The molecule has 0 aromatic heterocycles. The number of carbonyl (C=O) groups is 2. The van der Waals surface area contributed by atoms with Crippen molar-refractivity contribution in [2.75, 3.05) is 23.3 Å². The molecule has 7 nitrogen and oxygen atoms in total. The first-order valence-electron chi connectivity index (χ1n) is 8.08. The maximum atomic E-state index is 12.8. The second-order valence-corrected chi connectivity index (χ2v) is 7.46. The van der Waals surface area contributed by atoms with Gasteiger partial charge in [-0.25, -0.2) is 13.2 Å². The summed E-state index contributed by atoms with van der Waals surface area (Å²) in [6, 6.07) is 14.5. The summed E-state index contributed by atoms with van der Waals surface area (Å²) in [5.74, 6) is -1.20. The summed E-state index contributed by atoms with van der Waals surface area (Å²) in [4.78, 5) is 23.1. The fourth-order valence-corrected chi connectivity index (χ4v) is 3.43. The highest BCUT2D eigenvalue weighted by Gasteiger charge is 2.21. The van der Waals surface area contributed by atoms with E-state index in [1.165, 1.54) is 37.4 Å². The van der Waals surface area contributed by atoms with E-state index in [1.807, 2.05) is 0 Å². The minimum Gasteiger partial charge on any atom is -0.452 e. The van der Waals surface area contributed by atoms with Crippen LogP contribution in [0.1, 0.15) is 6.92 Å². The Morgan fingerprint density at radius 1 is 1.11 bits per heavy atom. The van der Waals surface area contributed by atoms with Crippen molar-refractivity contribution in [3.63, 3.8) is 0 Å². The molecule has 0 heterocycles. The summed E-state index contributed by atoms with van der Waals surface area (Å²) in [6.45, 7) is 1.18. The van der Waals surface area contributed by atoms with E-state index < -0.39 is 28.5 Å². The van der Waals surface area contributed by atoms with E-state index in [1.54, 1.807) is 43.3 Å². The number of rotatable bonds is 7. The van der Waals surface area contributed by atoms with Crippen LogP contribution >= 0.6 is 0 Å². The summed E-state index contributed by atoms with van der Waals surface area (Å²) < 4.78 is 31.5. The first kappa shape index (κ1) is 20.2. The standard InChI is InChI=1S/C19H20N2O5S/c1-3-8-19(23)26-14-18(22)20-15-9-7-12-17(13-15)27(24,25)21(2)16-10-5-4-6-11-16/h3-13H,14H2,1-2H3,(H,20,22)/b8-3+. The summed E-state index contributed by atoms with van der Waals surface area (Å²) in [5.41, 5.74) is 0.799. The molecule has 0 aliphatic rings. The van der Waals surface area contributed by atoms with E-state index in [2.05, 4.69) is 5.32 Å². The minimum absolute atomic E-state index is 0.0255. The van der Waals surface area contributed by atoms with Crippen LogP contribution in [-0.4, -0.2) is 33.9 Å². The molecule has 0 radical (unpaired) electrons. The lowest BCUT2D eigenvalue weighted by Gasteiger charge is -2.19. The lowest BCUT2D eigenvalue weighted by Crippen LogP contribution is -2.26. The zero-order valence-electron chi connectivity index (χ0n) is 15.0. The Morgan fingerprint density at radius 2 is 1.81 bits per heavy atom. The molecule has 0 fully saturated rings. The largest absolute Gasteiger partial charge is 0.452 e.